The van der Waals surface area contributed by atoms with Gasteiger partial charge in [-0.05, 0) is 15.3 Å². The largest absolute Gasteiger partial charge is 0.280 e. The third-order valence-corrected chi connectivity index (χ3v) is 0.556. The minimum Gasteiger partial charge on any atom is -0.280 e. The predicted molar refractivity (Wildman–Crippen MR) is 33.0 cm³/mol. The Kier molecular flexibility index (Phi) is 3.35. The molecule has 0 saturated carbocycles. The Balaban J connectivity index is 3.03. The van der Waals surface area contributed by atoms with E-state index in [0.29, 0.717) is 5.92 Å². The van der Waals surface area contributed by atoms with E-state index in [1.807, 2.05) is 6.21 Å². The highest BCUT2D eigenvalue weighted by Crippen LogP contribution is 1.87. The van der Waals surface area contributed by atoms with Crippen molar-refractivity contribution in [2.45, 2.75) is 13.8 Å². The topological polar surface area (TPSA) is 12.4 Å². The van der Waals surface area contributed by atoms with Crippen LogP contribution in [0, 0.1) is 5.92 Å². The highest BCUT2D eigenvalue weighted by atomic mass is 31.0. The lowest BCUT2D eigenvalue weighted by atomic mass is 10.3. The van der Waals surface area contributed by atoms with Gasteiger partial charge in [0.1, 0.15) is 0 Å². The molecular weight excluding hydrogens is 93.0 g/mol. The van der Waals surface area contributed by atoms with E-state index < -0.39 is 0 Å². The molecule has 0 amide bonds. The van der Waals surface area contributed by atoms with Crippen molar-refractivity contribution < 1.29 is 0 Å². The van der Waals surface area contributed by atoms with Crippen molar-refractivity contribution in [3.05, 3.63) is 0 Å². The molecule has 0 aromatic rings. The third kappa shape index (κ3) is 4.10. The van der Waals surface area contributed by atoms with Gasteiger partial charge in [-0.2, -0.15) is 0 Å². The molecule has 1 unspecified atom stereocenters. The van der Waals surface area contributed by atoms with Crippen molar-refractivity contribution in [2.75, 3.05) is 0 Å². The van der Waals surface area contributed by atoms with Crippen LogP contribution in [-0.2, 0) is 0 Å². The zero-order valence-corrected chi connectivity index (χ0v) is 5.33. The fourth-order valence-electron chi connectivity index (χ4n) is 0.172. The molecule has 0 radical (unpaired) electrons. The van der Waals surface area contributed by atoms with Gasteiger partial charge in [0.25, 0.3) is 0 Å². The summed E-state index contributed by atoms with van der Waals surface area (Å²) in [5, 5.41) is 0. The Labute approximate surface area is 41.1 Å². The summed E-state index contributed by atoms with van der Waals surface area (Å²) in [6.45, 7) is 4.18. The summed E-state index contributed by atoms with van der Waals surface area (Å²) in [7, 11) is 2.29. The lowest BCUT2D eigenvalue weighted by molar-refractivity contribution is 0.910. The molecule has 2 heteroatoms. The Morgan fingerprint density at radius 1 is 1.67 bits per heavy atom. The molecule has 0 heterocycles. The number of rotatable bonds is 1. The van der Waals surface area contributed by atoms with E-state index in [0.717, 1.165) is 0 Å². The molecule has 0 bridgehead atoms. The van der Waals surface area contributed by atoms with Crippen LogP contribution in [0.15, 0.2) is 4.76 Å². The average molecular weight is 103 g/mol. The van der Waals surface area contributed by atoms with Gasteiger partial charge in [0.2, 0.25) is 0 Å². The second-order valence-corrected chi connectivity index (χ2v) is 1.84. The Bertz CT molecular complexity index is 49.5. The summed E-state index contributed by atoms with van der Waals surface area (Å²) >= 11 is 0. The van der Waals surface area contributed by atoms with Crippen LogP contribution < -0.4 is 0 Å². The van der Waals surface area contributed by atoms with Crippen LogP contribution in [0.5, 0.6) is 0 Å². The lowest BCUT2D eigenvalue weighted by Gasteiger charge is -1.85. The first-order valence-electron chi connectivity index (χ1n) is 2.00. The maximum Gasteiger partial charge on any atom is 0.00500 e. The van der Waals surface area contributed by atoms with Crippen molar-refractivity contribution in [3.8, 4) is 0 Å². The summed E-state index contributed by atoms with van der Waals surface area (Å²) in [6, 6.07) is 0. The summed E-state index contributed by atoms with van der Waals surface area (Å²) in [4.78, 5) is 0. The smallest absolute Gasteiger partial charge is 0.00500 e. The number of hydrogen-bond donors (Lipinski definition) is 0. The molecule has 0 spiro atoms. The second kappa shape index (κ2) is 3.30. The van der Waals surface area contributed by atoms with Gasteiger partial charge in [-0.3, -0.25) is 4.76 Å². The molecule has 0 aliphatic carbocycles. The standard InChI is InChI=1S/C4H10NP/c1-4(2)3-5-6/h3-4H,6H2,1-2H3/b5-3+. The zero-order chi connectivity index (χ0) is 4.99. The van der Waals surface area contributed by atoms with Crippen LogP contribution in [-0.4, -0.2) is 6.21 Å². The Morgan fingerprint density at radius 2 is 2.17 bits per heavy atom. The summed E-state index contributed by atoms with van der Waals surface area (Å²) in [6.07, 6.45) is 1.88. The molecule has 0 aromatic heterocycles. The lowest BCUT2D eigenvalue weighted by Crippen LogP contribution is -1.82. The molecule has 0 aliphatic rings. The SMILES string of the molecule is CC(C)/C=N/P. The number of hydrogen-bond acceptors (Lipinski definition) is 1. The van der Waals surface area contributed by atoms with E-state index >= 15 is 0 Å². The van der Waals surface area contributed by atoms with Gasteiger partial charge in [-0.15, -0.1) is 0 Å². The van der Waals surface area contributed by atoms with Gasteiger partial charge < -0.3 is 0 Å². The highest BCUT2D eigenvalue weighted by Gasteiger charge is 1.78. The molecule has 0 rings (SSSR count). The van der Waals surface area contributed by atoms with Crippen LogP contribution in [0.2, 0.25) is 0 Å². The van der Waals surface area contributed by atoms with Gasteiger partial charge in [0.15, 0.2) is 0 Å². The Morgan fingerprint density at radius 3 is 2.17 bits per heavy atom. The highest BCUT2D eigenvalue weighted by molar-refractivity contribution is 7.14. The van der Waals surface area contributed by atoms with E-state index in [-0.39, 0.29) is 0 Å². The molecule has 36 valence electrons. The minimum absolute atomic E-state index is 0.586. The van der Waals surface area contributed by atoms with Crippen molar-refractivity contribution in [2.24, 2.45) is 10.7 Å². The molecule has 0 N–H and O–H groups in total. The van der Waals surface area contributed by atoms with Gasteiger partial charge in [0.05, 0.1) is 0 Å². The first-order valence-corrected chi connectivity index (χ1v) is 2.52. The molecule has 0 aliphatic heterocycles. The fraction of sp³-hybridized carbons (Fsp3) is 0.750. The molecule has 0 fully saturated rings. The third-order valence-electron chi connectivity index (χ3n) is 0.384. The van der Waals surface area contributed by atoms with Crippen LogP contribution >= 0.6 is 9.39 Å². The monoisotopic (exact) mass is 103 g/mol. The van der Waals surface area contributed by atoms with Gasteiger partial charge in [0, 0.05) is 6.21 Å². The molecular formula is C4H10NP. The van der Waals surface area contributed by atoms with Gasteiger partial charge in [-0.25, -0.2) is 0 Å². The van der Waals surface area contributed by atoms with Crippen LogP contribution in [0.25, 0.3) is 0 Å². The van der Waals surface area contributed by atoms with Crippen LogP contribution in [0.4, 0.5) is 0 Å². The van der Waals surface area contributed by atoms with Crippen LogP contribution in [0.1, 0.15) is 13.8 Å². The minimum atomic E-state index is 0.586. The fourth-order valence-corrected chi connectivity index (χ4v) is 0.516. The second-order valence-electron chi connectivity index (χ2n) is 1.54. The number of nitrogens with zero attached hydrogens (tertiary/aromatic N) is 1. The maximum atomic E-state index is 3.73. The van der Waals surface area contributed by atoms with Gasteiger partial charge >= 0.3 is 0 Å². The first-order chi connectivity index (χ1) is 2.77. The summed E-state index contributed by atoms with van der Waals surface area (Å²) in [5.41, 5.74) is 0. The maximum absolute atomic E-state index is 3.73. The van der Waals surface area contributed by atoms with E-state index in [1.165, 1.54) is 0 Å². The van der Waals surface area contributed by atoms with Crippen molar-refractivity contribution >= 4 is 15.6 Å². The van der Waals surface area contributed by atoms with E-state index in [2.05, 4.69) is 28.0 Å². The normalized spacial score (nSPS) is 11.3. The van der Waals surface area contributed by atoms with Crippen molar-refractivity contribution in [1.29, 1.82) is 0 Å². The molecule has 6 heavy (non-hydrogen) atoms. The first kappa shape index (κ1) is 6.10. The zero-order valence-electron chi connectivity index (χ0n) is 4.18. The summed E-state index contributed by atoms with van der Waals surface area (Å²) in [5.74, 6) is 0.586. The molecule has 1 atom stereocenters. The van der Waals surface area contributed by atoms with Crippen molar-refractivity contribution in [1.82, 2.24) is 0 Å². The molecule has 0 aromatic carbocycles. The van der Waals surface area contributed by atoms with E-state index in [4.69, 9.17) is 0 Å². The van der Waals surface area contributed by atoms with E-state index in [9.17, 15) is 0 Å². The quantitative estimate of drug-likeness (QED) is 0.352. The summed E-state index contributed by atoms with van der Waals surface area (Å²) < 4.78 is 3.73. The Hall–Kier alpha value is 0.100. The molecule has 1 nitrogen and oxygen atoms in total. The molecule has 0 saturated heterocycles. The van der Waals surface area contributed by atoms with Crippen molar-refractivity contribution in [3.63, 3.8) is 0 Å². The predicted octanol–water partition coefficient (Wildman–Crippen LogP) is 1.50. The average Bonchev–Trinajstić information content (AvgIpc) is 1.35. The van der Waals surface area contributed by atoms with Crippen LogP contribution in [0.3, 0.4) is 0 Å². The van der Waals surface area contributed by atoms with E-state index in [1.54, 1.807) is 0 Å². The van der Waals surface area contributed by atoms with Gasteiger partial charge in [-0.1, -0.05) is 13.8 Å².